The number of H-pyrrole nitrogens is 1. The smallest absolute Gasteiger partial charge is 0.251 e. The molecule has 3 N–H and O–H groups in total. The molecule has 0 saturated carbocycles. The highest BCUT2D eigenvalue weighted by molar-refractivity contribution is 5.94. The maximum absolute atomic E-state index is 12.4. The standard InChI is InChI=1S/C31H34N6O3/c1-4-5-9-25(33-24-13-11-22(12-14-24)31(38)32-18-29-34-36-37-35-29)19-39-26-15-20(2)30(21(3)16-26)28-17-23-8-6-7-10-27(23)40-28/h6-8,10-17,25,33H,4-5,9,18-19H2,1-3H3,(H,32,38)(H,34,35,36,37). The summed E-state index contributed by atoms with van der Waals surface area (Å²) in [5.74, 6) is 2.02. The number of fused-ring (bicyclic) bond motifs is 1. The summed E-state index contributed by atoms with van der Waals surface area (Å²) in [6.45, 7) is 7.13. The molecule has 0 bridgehead atoms. The van der Waals surface area contributed by atoms with Crippen molar-refractivity contribution in [1.82, 2.24) is 25.9 Å². The number of amides is 1. The van der Waals surface area contributed by atoms with Crippen molar-refractivity contribution < 1.29 is 13.9 Å². The van der Waals surface area contributed by atoms with Gasteiger partial charge in [-0.25, -0.2) is 5.10 Å². The highest BCUT2D eigenvalue weighted by atomic mass is 16.5. The van der Waals surface area contributed by atoms with Gasteiger partial charge in [-0.3, -0.25) is 4.79 Å². The number of benzene rings is 3. The molecule has 9 heteroatoms. The minimum atomic E-state index is -0.189. The van der Waals surface area contributed by atoms with Crippen LogP contribution >= 0.6 is 0 Å². The first kappa shape index (κ1) is 26.9. The lowest BCUT2D eigenvalue weighted by Crippen LogP contribution is -2.27. The van der Waals surface area contributed by atoms with Crippen LogP contribution < -0.4 is 15.4 Å². The molecule has 1 amide bonds. The molecule has 2 heterocycles. The first-order valence-electron chi connectivity index (χ1n) is 13.6. The number of carbonyl (C=O) groups is 1. The van der Waals surface area contributed by atoms with Crippen LogP contribution in [0.15, 0.2) is 71.1 Å². The number of aryl methyl sites for hydroxylation is 2. The Labute approximate surface area is 233 Å². The molecule has 40 heavy (non-hydrogen) atoms. The Hall–Kier alpha value is -4.66. The Kier molecular flexibility index (Phi) is 8.39. The van der Waals surface area contributed by atoms with Crippen LogP contribution in [0.3, 0.4) is 0 Å². The van der Waals surface area contributed by atoms with Gasteiger partial charge in [0.25, 0.3) is 5.91 Å². The normalized spacial score (nSPS) is 11.9. The summed E-state index contributed by atoms with van der Waals surface area (Å²) in [7, 11) is 0. The maximum Gasteiger partial charge on any atom is 0.251 e. The Morgan fingerprint density at radius 1 is 1.05 bits per heavy atom. The number of hydrogen-bond donors (Lipinski definition) is 3. The third-order valence-corrected chi connectivity index (χ3v) is 6.86. The van der Waals surface area contributed by atoms with Gasteiger partial charge >= 0.3 is 0 Å². The predicted molar refractivity (Wildman–Crippen MR) is 155 cm³/mol. The quantitative estimate of drug-likeness (QED) is 0.173. The van der Waals surface area contributed by atoms with Gasteiger partial charge in [-0.1, -0.05) is 38.0 Å². The summed E-state index contributed by atoms with van der Waals surface area (Å²) in [5.41, 5.74) is 5.72. The molecule has 0 aliphatic heterocycles. The van der Waals surface area contributed by atoms with Crippen molar-refractivity contribution in [2.45, 2.75) is 52.6 Å². The molecule has 0 aliphatic rings. The fourth-order valence-corrected chi connectivity index (χ4v) is 4.82. The SMILES string of the molecule is CCCCC(COc1cc(C)c(-c2cc3ccccc3o2)c(C)c1)Nc1ccc(C(=O)NCc2nnn[nH]2)cc1. The lowest BCUT2D eigenvalue weighted by atomic mass is 10.00. The number of carbonyl (C=O) groups excluding carboxylic acids is 1. The average molecular weight is 539 g/mol. The number of tetrazole rings is 1. The first-order chi connectivity index (χ1) is 19.5. The molecule has 206 valence electrons. The highest BCUT2D eigenvalue weighted by Crippen LogP contribution is 2.34. The van der Waals surface area contributed by atoms with Crippen molar-refractivity contribution >= 4 is 22.6 Å². The molecule has 5 rings (SSSR count). The second kappa shape index (κ2) is 12.5. The summed E-state index contributed by atoms with van der Waals surface area (Å²) in [6, 6.07) is 21.9. The number of aromatic nitrogens is 4. The number of anilines is 1. The molecule has 5 aromatic rings. The molecular weight excluding hydrogens is 504 g/mol. The van der Waals surface area contributed by atoms with Crippen molar-refractivity contribution in [2.24, 2.45) is 0 Å². The minimum Gasteiger partial charge on any atom is -0.491 e. The molecule has 9 nitrogen and oxygen atoms in total. The minimum absolute atomic E-state index is 0.120. The first-order valence-corrected chi connectivity index (χ1v) is 13.6. The van der Waals surface area contributed by atoms with Crippen LogP contribution in [-0.4, -0.2) is 39.2 Å². The highest BCUT2D eigenvalue weighted by Gasteiger charge is 2.15. The molecule has 0 aliphatic carbocycles. The molecule has 0 fully saturated rings. The molecule has 3 aromatic carbocycles. The van der Waals surface area contributed by atoms with E-state index in [-0.39, 0.29) is 18.5 Å². The largest absolute Gasteiger partial charge is 0.491 e. The monoisotopic (exact) mass is 538 g/mol. The molecule has 0 radical (unpaired) electrons. The molecule has 2 aromatic heterocycles. The topological polar surface area (TPSA) is 118 Å². The summed E-state index contributed by atoms with van der Waals surface area (Å²) >= 11 is 0. The van der Waals surface area contributed by atoms with Crippen LogP contribution in [0.2, 0.25) is 0 Å². The van der Waals surface area contributed by atoms with E-state index in [1.54, 1.807) is 12.1 Å². The van der Waals surface area contributed by atoms with Gasteiger partial charge in [-0.2, -0.15) is 0 Å². The summed E-state index contributed by atoms with van der Waals surface area (Å²) in [4.78, 5) is 12.4. The molecular formula is C31H34N6O3. The molecule has 1 atom stereocenters. The van der Waals surface area contributed by atoms with Gasteiger partial charge in [0.1, 0.15) is 23.7 Å². The second-order valence-corrected chi connectivity index (χ2v) is 9.98. The van der Waals surface area contributed by atoms with E-state index in [2.05, 4.69) is 76.3 Å². The zero-order valence-electron chi connectivity index (χ0n) is 23.0. The van der Waals surface area contributed by atoms with E-state index in [4.69, 9.17) is 9.15 Å². The number of nitrogens with one attached hydrogen (secondary N) is 3. The van der Waals surface area contributed by atoms with E-state index in [1.165, 1.54) is 0 Å². The fourth-order valence-electron chi connectivity index (χ4n) is 4.82. The lowest BCUT2D eigenvalue weighted by Gasteiger charge is -2.21. The van der Waals surface area contributed by atoms with Crippen molar-refractivity contribution in [2.75, 3.05) is 11.9 Å². The van der Waals surface area contributed by atoms with E-state index in [1.807, 2.05) is 30.3 Å². The lowest BCUT2D eigenvalue weighted by molar-refractivity contribution is 0.0950. The van der Waals surface area contributed by atoms with Gasteiger partial charge in [-0.05, 0) is 90.4 Å². The van der Waals surface area contributed by atoms with E-state index >= 15 is 0 Å². The summed E-state index contributed by atoms with van der Waals surface area (Å²) in [5, 5.41) is 20.9. The van der Waals surface area contributed by atoms with E-state index < -0.39 is 0 Å². The van der Waals surface area contributed by atoms with Gasteiger partial charge in [0, 0.05) is 22.2 Å². The van der Waals surface area contributed by atoms with Gasteiger partial charge in [-0.15, -0.1) is 5.10 Å². The van der Waals surface area contributed by atoms with Crippen LogP contribution in [0.5, 0.6) is 5.75 Å². The Bertz CT molecular complexity index is 1500. The number of para-hydroxylation sites is 1. The van der Waals surface area contributed by atoms with Crippen LogP contribution in [0.1, 0.15) is 53.5 Å². The molecule has 1 unspecified atom stereocenters. The van der Waals surface area contributed by atoms with Gasteiger partial charge in [0.2, 0.25) is 0 Å². The number of nitrogens with zero attached hydrogens (tertiary/aromatic N) is 3. The predicted octanol–water partition coefficient (Wildman–Crippen LogP) is 6.21. The fraction of sp³-hybridized carbons (Fsp3) is 0.290. The Balaban J connectivity index is 1.22. The van der Waals surface area contributed by atoms with E-state index in [9.17, 15) is 4.79 Å². The van der Waals surface area contributed by atoms with Gasteiger partial charge < -0.3 is 19.8 Å². The van der Waals surface area contributed by atoms with Gasteiger partial charge in [0.05, 0.1) is 12.6 Å². The van der Waals surface area contributed by atoms with Crippen molar-refractivity contribution in [3.05, 3.63) is 89.2 Å². The number of hydrogen-bond acceptors (Lipinski definition) is 7. The maximum atomic E-state index is 12.4. The summed E-state index contributed by atoms with van der Waals surface area (Å²) < 4.78 is 12.4. The van der Waals surface area contributed by atoms with Gasteiger partial charge in [0.15, 0.2) is 5.82 Å². The number of aromatic amines is 1. The zero-order valence-corrected chi connectivity index (χ0v) is 23.0. The van der Waals surface area contributed by atoms with E-state index in [0.717, 1.165) is 64.1 Å². The number of unbranched alkanes of at least 4 members (excludes halogenated alkanes) is 1. The second-order valence-electron chi connectivity index (χ2n) is 9.98. The molecule has 0 spiro atoms. The van der Waals surface area contributed by atoms with Crippen molar-refractivity contribution in [3.8, 4) is 17.1 Å². The van der Waals surface area contributed by atoms with Crippen molar-refractivity contribution in [3.63, 3.8) is 0 Å². The number of furan rings is 1. The van der Waals surface area contributed by atoms with Crippen LogP contribution in [0.4, 0.5) is 5.69 Å². The molecule has 0 saturated heterocycles. The third kappa shape index (κ3) is 6.48. The van der Waals surface area contributed by atoms with Crippen molar-refractivity contribution in [1.29, 1.82) is 0 Å². The Morgan fingerprint density at radius 2 is 1.82 bits per heavy atom. The summed E-state index contributed by atoms with van der Waals surface area (Å²) in [6.07, 6.45) is 3.16. The van der Waals surface area contributed by atoms with E-state index in [0.29, 0.717) is 18.0 Å². The van der Waals surface area contributed by atoms with Crippen LogP contribution in [-0.2, 0) is 6.54 Å². The number of rotatable bonds is 12. The zero-order chi connectivity index (χ0) is 27.9. The van der Waals surface area contributed by atoms with Crippen LogP contribution in [0.25, 0.3) is 22.3 Å². The third-order valence-electron chi connectivity index (χ3n) is 6.86. The average Bonchev–Trinajstić information content (AvgIpc) is 3.63. The number of ether oxygens (including phenoxy) is 1. The van der Waals surface area contributed by atoms with Crippen LogP contribution in [0, 0.1) is 13.8 Å². The Morgan fingerprint density at radius 3 is 2.52 bits per heavy atom.